The Kier molecular flexibility index (Phi) is 5.82. The lowest BCUT2D eigenvalue weighted by molar-refractivity contribution is 0.157. The largest absolute Gasteiger partial charge is 0.349 e. The minimum atomic E-state index is -0.354. The average Bonchev–Trinajstić information content (AvgIpc) is 3.68. The summed E-state index contributed by atoms with van der Waals surface area (Å²) in [4.78, 5) is 25.8. The van der Waals surface area contributed by atoms with Gasteiger partial charge in [0, 0.05) is 44.3 Å². The molecule has 5 rings (SSSR count). The van der Waals surface area contributed by atoms with Crippen molar-refractivity contribution in [2.24, 2.45) is 7.05 Å². The second-order valence-electron chi connectivity index (χ2n) is 9.47. The molecule has 7 nitrogen and oxygen atoms in total. The Labute approximate surface area is 198 Å². The Morgan fingerprint density at radius 3 is 2.65 bits per heavy atom. The van der Waals surface area contributed by atoms with E-state index in [4.69, 9.17) is 0 Å². The van der Waals surface area contributed by atoms with Crippen LogP contribution in [0.4, 0.5) is 10.2 Å². The van der Waals surface area contributed by atoms with Gasteiger partial charge in [-0.1, -0.05) is 19.1 Å². The van der Waals surface area contributed by atoms with Crippen LogP contribution in [0.15, 0.2) is 35.1 Å². The van der Waals surface area contributed by atoms with Gasteiger partial charge < -0.3 is 4.90 Å². The summed E-state index contributed by atoms with van der Waals surface area (Å²) in [5.41, 5.74) is 3.00. The van der Waals surface area contributed by atoms with Gasteiger partial charge in [-0.15, -0.1) is 0 Å². The highest BCUT2D eigenvalue weighted by molar-refractivity contribution is 5.86. The number of nitrogens with zero attached hydrogens (tertiary/aromatic N) is 6. The van der Waals surface area contributed by atoms with Gasteiger partial charge in [0.15, 0.2) is 5.82 Å². The smallest absolute Gasteiger partial charge is 0.349 e. The molecule has 0 N–H and O–H groups in total. The third-order valence-corrected chi connectivity index (χ3v) is 7.24. The number of aryl methyl sites for hydroxylation is 1. The highest BCUT2D eigenvalue weighted by atomic mass is 19.1. The van der Waals surface area contributed by atoms with Crippen LogP contribution in [-0.2, 0) is 7.05 Å². The van der Waals surface area contributed by atoms with E-state index in [2.05, 4.69) is 45.8 Å². The van der Waals surface area contributed by atoms with E-state index in [-0.39, 0.29) is 29.3 Å². The highest BCUT2D eigenvalue weighted by Crippen LogP contribution is 2.41. The number of hydrogen-bond donors (Lipinski definition) is 0. The van der Waals surface area contributed by atoms with Gasteiger partial charge in [-0.2, -0.15) is 10.2 Å². The Morgan fingerprint density at radius 1 is 1.21 bits per heavy atom. The van der Waals surface area contributed by atoms with Crippen molar-refractivity contribution in [2.75, 3.05) is 24.5 Å². The molecular weight excluding hydrogens is 431 g/mol. The molecule has 176 valence electrons. The van der Waals surface area contributed by atoms with Gasteiger partial charge in [0.05, 0.1) is 5.52 Å². The van der Waals surface area contributed by atoms with Crippen molar-refractivity contribution in [3.05, 3.63) is 63.5 Å². The zero-order chi connectivity index (χ0) is 24.0. The number of anilines is 1. The summed E-state index contributed by atoms with van der Waals surface area (Å²) in [5.74, 6) is 0.928. The lowest BCUT2D eigenvalue weighted by atomic mass is 9.97. The van der Waals surface area contributed by atoms with Gasteiger partial charge in [-0.05, 0) is 55.9 Å². The first-order valence-electron chi connectivity index (χ1n) is 12.0. The van der Waals surface area contributed by atoms with Crippen molar-refractivity contribution in [2.45, 2.75) is 51.1 Å². The van der Waals surface area contributed by atoms with E-state index >= 15 is 4.39 Å². The molecule has 3 aromatic rings. The molecule has 0 amide bonds. The van der Waals surface area contributed by atoms with Crippen LogP contribution in [0.3, 0.4) is 0 Å². The lowest BCUT2D eigenvalue weighted by Gasteiger charge is -2.44. The first-order chi connectivity index (χ1) is 16.4. The van der Waals surface area contributed by atoms with E-state index in [0.717, 1.165) is 30.4 Å². The van der Waals surface area contributed by atoms with Crippen LogP contribution in [0, 0.1) is 17.1 Å². The molecule has 0 radical (unpaired) electrons. The molecule has 1 saturated carbocycles. The van der Waals surface area contributed by atoms with Gasteiger partial charge in [0.2, 0.25) is 0 Å². The molecular formula is C26H29FN6O. The van der Waals surface area contributed by atoms with Crippen LogP contribution in [0.1, 0.15) is 61.9 Å². The molecule has 1 aromatic carbocycles. The second kappa shape index (κ2) is 8.80. The van der Waals surface area contributed by atoms with Crippen LogP contribution < -0.4 is 10.6 Å². The predicted octanol–water partition coefficient (Wildman–Crippen LogP) is 3.88. The van der Waals surface area contributed by atoms with Crippen molar-refractivity contribution in [3.63, 3.8) is 0 Å². The van der Waals surface area contributed by atoms with E-state index in [1.54, 1.807) is 25.2 Å². The summed E-state index contributed by atoms with van der Waals surface area (Å²) in [6.45, 7) is 6.23. The summed E-state index contributed by atoms with van der Waals surface area (Å²) >= 11 is 0. The number of piperazine rings is 1. The maximum absolute atomic E-state index is 15.1. The first-order valence-corrected chi connectivity index (χ1v) is 12.0. The maximum atomic E-state index is 15.1. The topological polar surface area (TPSA) is 78.0 Å². The zero-order valence-electron chi connectivity index (χ0n) is 19.8. The summed E-state index contributed by atoms with van der Waals surface area (Å²) in [5, 5.41) is 9.33. The van der Waals surface area contributed by atoms with Gasteiger partial charge >= 0.3 is 5.69 Å². The van der Waals surface area contributed by atoms with Crippen molar-refractivity contribution < 1.29 is 4.39 Å². The molecule has 0 spiro atoms. The molecule has 2 aliphatic rings. The van der Waals surface area contributed by atoms with E-state index in [1.165, 1.54) is 4.57 Å². The summed E-state index contributed by atoms with van der Waals surface area (Å²) < 4.78 is 16.5. The Bertz CT molecular complexity index is 1340. The number of rotatable bonds is 5. The van der Waals surface area contributed by atoms with Crippen molar-refractivity contribution in [1.82, 2.24) is 19.4 Å². The minimum Gasteiger partial charge on any atom is -0.349 e. The second-order valence-corrected chi connectivity index (χ2v) is 9.47. The molecule has 8 heteroatoms. The lowest BCUT2D eigenvalue weighted by Crippen LogP contribution is -2.53. The van der Waals surface area contributed by atoms with Crippen LogP contribution in [-0.4, -0.2) is 45.1 Å². The number of benzene rings is 1. The van der Waals surface area contributed by atoms with Crippen LogP contribution in [0.25, 0.3) is 11.0 Å². The predicted molar refractivity (Wildman–Crippen MR) is 129 cm³/mol. The highest BCUT2D eigenvalue weighted by Gasteiger charge is 2.32. The third kappa shape index (κ3) is 3.94. The van der Waals surface area contributed by atoms with E-state index in [9.17, 15) is 10.1 Å². The molecule has 2 unspecified atom stereocenters. The molecule has 34 heavy (non-hydrogen) atoms. The average molecular weight is 461 g/mol. The zero-order valence-corrected chi connectivity index (χ0v) is 19.8. The Morgan fingerprint density at radius 2 is 2.00 bits per heavy atom. The molecule has 1 saturated heterocycles. The summed E-state index contributed by atoms with van der Waals surface area (Å²) in [7, 11) is 1.66. The van der Waals surface area contributed by atoms with Gasteiger partial charge in [-0.3, -0.25) is 9.47 Å². The fourth-order valence-corrected chi connectivity index (χ4v) is 5.21. The standard InChI is InChI=1S/C26H29FN6O/c1-4-22(20-9-7-18(13-21(20)27)17-5-6-17)32-11-12-33(16(2)15-32)25-24-23(31(3)26(34)30-25)10-8-19(14-28)29-24/h7-10,13,16-17,22H,4-6,11-12,15H2,1-3H3. The maximum Gasteiger partial charge on any atom is 0.349 e. The molecule has 3 heterocycles. The fourth-order valence-electron chi connectivity index (χ4n) is 5.21. The Hall–Kier alpha value is -3.31. The fraction of sp³-hybridized carbons (Fsp3) is 0.462. The number of pyridine rings is 1. The monoisotopic (exact) mass is 460 g/mol. The van der Waals surface area contributed by atoms with E-state index < -0.39 is 0 Å². The van der Waals surface area contributed by atoms with Gasteiger partial charge in [-0.25, -0.2) is 14.2 Å². The summed E-state index contributed by atoms with van der Waals surface area (Å²) in [6, 6.07) is 11.2. The van der Waals surface area contributed by atoms with E-state index in [1.807, 2.05) is 6.07 Å². The first kappa shape index (κ1) is 22.5. The van der Waals surface area contributed by atoms with Gasteiger partial charge in [0.1, 0.15) is 23.1 Å². The van der Waals surface area contributed by atoms with E-state index in [0.29, 0.717) is 42.4 Å². The number of hydrogen-bond acceptors (Lipinski definition) is 6. The molecule has 1 aliphatic heterocycles. The number of halogens is 1. The quantitative estimate of drug-likeness (QED) is 0.575. The molecule has 1 aliphatic carbocycles. The number of aromatic nitrogens is 3. The number of fused-ring (bicyclic) bond motifs is 1. The normalized spacial score (nSPS) is 19.9. The van der Waals surface area contributed by atoms with Crippen LogP contribution >= 0.6 is 0 Å². The van der Waals surface area contributed by atoms with Crippen LogP contribution in [0.5, 0.6) is 0 Å². The van der Waals surface area contributed by atoms with Crippen molar-refractivity contribution in [3.8, 4) is 6.07 Å². The number of nitriles is 1. The Balaban J connectivity index is 1.43. The van der Waals surface area contributed by atoms with Crippen molar-refractivity contribution >= 4 is 16.9 Å². The SMILES string of the molecule is CCC(c1ccc(C2CC2)cc1F)N1CCN(c2nc(=O)n(C)c3ccc(C#N)nc23)C(C)C1. The minimum absolute atomic E-state index is 0.00508. The molecule has 2 aromatic heterocycles. The summed E-state index contributed by atoms with van der Waals surface area (Å²) in [6.07, 6.45) is 3.13. The molecule has 2 fully saturated rings. The van der Waals surface area contributed by atoms with Gasteiger partial charge in [0.25, 0.3) is 0 Å². The van der Waals surface area contributed by atoms with Crippen molar-refractivity contribution in [1.29, 1.82) is 5.26 Å². The van der Waals surface area contributed by atoms with Crippen LogP contribution in [0.2, 0.25) is 0 Å². The third-order valence-electron chi connectivity index (χ3n) is 7.24. The molecule has 2 atom stereocenters. The molecule has 0 bridgehead atoms.